The molecule has 0 saturated carbocycles. The number of pyridine rings is 1. The highest BCUT2D eigenvalue weighted by Gasteiger charge is 2.14. The smallest absolute Gasteiger partial charge is 0.223 e. The number of hydrogen-bond donors (Lipinski definition) is 0. The Morgan fingerprint density at radius 3 is 2.65 bits per heavy atom. The molecule has 1 aromatic carbocycles. The number of aromatic nitrogens is 4. The number of benzene rings is 1. The topological polar surface area (TPSA) is 46.8 Å². The van der Waals surface area contributed by atoms with Crippen molar-refractivity contribution >= 4 is 16.9 Å². The van der Waals surface area contributed by atoms with Crippen LogP contribution in [0.4, 0.5) is 5.95 Å². The number of para-hydroxylation sites is 1. The van der Waals surface area contributed by atoms with Gasteiger partial charge in [-0.25, -0.2) is 4.68 Å². The van der Waals surface area contributed by atoms with E-state index in [9.17, 15) is 0 Å². The number of hydrogen-bond acceptors (Lipinski definition) is 4. The molecule has 0 aliphatic rings. The lowest BCUT2D eigenvalue weighted by atomic mass is 10.1. The molecule has 0 bridgehead atoms. The fourth-order valence-electron chi connectivity index (χ4n) is 2.28. The van der Waals surface area contributed by atoms with Crippen molar-refractivity contribution in [3.05, 3.63) is 36.5 Å². The highest BCUT2D eigenvalue weighted by Crippen LogP contribution is 2.26. The molecule has 0 aliphatic heterocycles. The van der Waals surface area contributed by atoms with Gasteiger partial charge in [-0.05, 0) is 19.1 Å². The molecule has 5 heteroatoms. The van der Waals surface area contributed by atoms with Gasteiger partial charge in [0.1, 0.15) is 0 Å². The Hall–Kier alpha value is -2.43. The van der Waals surface area contributed by atoms with E-state index in [1.807, 2.05) is 41.9 Å². The molecule has 3 rings (SSSR count). The van der Waals surface area contributed by atoms with Crippen LogP contribution in [0.25, 0.3) is 22.3 Å². The molecule has 102 valence electrons. The molecule has 0 spiro atoms. The number of aryl methyl sites for hydroxylation is 1. The highest BCUT2D eigenvalue weighted by molar-refractivity contribution is 5.91. The molecule has 0 N–H and O–H groups in total. The second kappa shape index (κ2) is 4.92. The van der Waals surface area contributed by atoms with Crippen LogP contribution in [0.3, 0.4) is 0 Å². The zero-order valence-corrected chi connectivity index (χ0v) is 11.9. The average Bonchev–Trinajstić information content (AvgIpc) is 2.91. The minimum Gasteiger partial charge on any atom is -0.347 e. The maximum Gasteiger partial charge on any atom is 0.223 e. The van der Waals surface area contributed by atoms with Crippen molar-refractivity contribution in [1.29, 1.82) is 0 Å². The molecule has 0 saturated heterocycles. The number of nitrogens with zero attached hydrogens (tertiary/aromatic N) is 5. The standard InChI is InChI=1S/C15H17N5/c1-4-20-15(19(2)3)17-14(18-20)12-9-5-7-11-8-6-10-16-13(11)12/h5-10H,4H2,1-3H3. The summed E-state index contributed by atoms with van der Waals surface area (Å²) >= 11 is 0. The van der Waals surface area contributed by atoms with Crippen LogP contribution in [0, 0.1) is 0 Å². The van der Waals surface area contributed by atoms with Gasteiger partial charge in [0.15, 0.2) is 5.82 Å². The second-order valence-corrected chi connectivity index (χ2v) is 4.83. The van der Waals surface area contributed by atoms with Gasteiger partial charge in [0.25, 0.3) is 0 Å². The lowest BCUT2D eigenvalue weighted by Gasteiger charge is -2.10. The maximum absolute atomic E-state index is 4.64. The molecule has 0 fully saturated rings. The third kappa shape index (κ3) is 2.01. The summed E-state index contributed by atoms with van der Waals surface area (Å²) in [5.41, 5.74) is 1.91. The van der Waals surface area contributed by atoms with E-state index in [4.69, 9.17) is 0 Å². The summed E-state index contributed by atoms with van der Waals surface area (Å²) in [6, 6.07) is 10.1. The molecule has 2 aromatic heterocycles. The van der Waals surface area contributed by atoms with Gasteiger partial charge in [-0.2, -0.15) is 4.98 Å². The first-order chi connectivity index (χ1) is 9.70. The van der Waals surface area contributed by atoms with Crippen LogP contribution in [0.5, 0.6) is 0 Å². The van der Waals surface area contributed by atoms with Crippen LogP contribution >= 0.6 is 0 Å². The molecule has 0 radical (unpaired) electrons. The molecular formula is C15H17N5. The number of fused-ring (bicyclic) bond motifs is 1. The third-order valence-corrected chi connectivity index (χ3v) is 3.23. The van der Waals surface area contributed by atoms with E-state index < -0.39 is 0 Å². The van der Waals surface area contributed by atoms with Gasteiger partial charge in [0.05, 0.1) is 5.52 Å². The van der Waals surface area contributed by atoms with Crippen molar-refractivity contribution in [2.45, 2.75) is 13.5 Å². The Labute approximate surface area is 117 Å². The maximum atomic E-state index is 4.64. The van der Waals surface area contributed by atoms with E-state index in [2.05, 4.69) is 34.1 Å². The van der Waals surface area contributed by atoms with Gasteiger partial charge in [0.2, 0.25) is 5.95 Å². The van der Waals surface area contributed by atoms with E-state index in [0.29, 0.717) is 0 Å². The minimum atomic E-state index is 0.722. The Morgan fingerprint density at radius 2 is 1.95 bits per heavy atom. The first kappa shape index (κ1) is 12.6. The summed E-state index contributed by atoms with van der Waals surface area (Å²) in [5.74, 6) is 1.58. The summed E-state index contributed by atoms with van der Waals surface area (Å²) in [7, 11) is 3.95. The van der Waals surface area contributed by atoms with Crippen molar-refractivity contribution in [3.63, 3.8) is 0 Å². The van der Waals surface area contributed by atoms with Gasteiger partial charge in [-0.1, -0.05) is 18.2 Å². The summed E-state index contributed by atoms with van der Waals surface area (Å²) in [6.07, 6.45) is 1.80. The van der Waals surface area contributed by atoms with Crippen molar-refractivity contribution < 1.29 is 0 Å². The minimum absolute atomic E-state index is 0.722. The van der Waals surface area contributed by atoms with Crippen LogP contribution < -0.4 is 4.90 Å². The molecule has 2 heterocycles. The molecule has 0 amide bonds. The molecule has 20 heavy (non-hydrogen) atoms. The van der Waals surface area contributed by atoms with Gasteiger partial charge in [0, 0.05) is 37.8 Å². The predicted octanol–water partition coefficient (Wildman–Crippen LogP) is 2.58. The molecule has 0 unspecified atom stereocenters. The Bertz CT molecular complexity index is 740. The quantitative estimate of drug-likeness (QED) is 0.731. The summed E-state index contributed by atoms with van der Waals surface area (Å²) in [4.78, 5) is 11.1. The fourth-order valence-corrected chi connectivity index (χ4v) is 2.28. The lowest BCUT2D eigenvalue weighted by Crippen LogP contribution is -2.15. The van der Waals surface area contributed by atoms with Crippen molar-refractivity contribution in [1.82, 2.24) is 19.7 Å². The fraction of sp³-hybridized carbons (Fsp3) is 0.267. The first-order valence-corrected chi connectivity index (χ1v) is 6.67. The van der Waals surface area contributed by atoms with Gasteiger partial charge < -0.3 is 4.90 Å². The normalized spacial score (nSPS) is 10.9. The van der Waals surface area contributed by atoms with Crippen LogP contribution in [0.15, 0.2) is 36.5 Å². The SMILES string of the molecule is CCn1nc(-c2cccc3cccnc23)nc1N(C)C. The van der Waals surface area contributed by atoms with Crippen molar-refractivity contribution in [2.75, 3.05) is 19.0 Å². The third-order valence-electron chi connectivity index (χ3n) is 3.23. The highest BCUT2D eigenvalue weighted by atomic mass is 15.4. The summed E-state index contributed by atoms with van der Waals surface area (Å²) in [6.45, 7) is 2.85. The van der Waals surface area contributed by atoms with E-state index >= 15 is 0 Å². The average molecular weight is 267 g/mol. The zero-order chi connectivity index (χ0) is 14.1. The van der Waals surface area contributed by atoms with E-state index in [1.165, 1.54) is 0 Å². The molecule has 3 aromatic rings. The van der Waals surface area contributed by atoms with E-state index in [-0.39, 0.29) is 0 Å². The molecular weight excluding hydrogens is 250 g/mol. The van der Waals surface area contributed by atoms with Crippen LogP contribution in [0.1, 0.15) is 6.92 Å². The Balaban J connectivity index is 2.21. The molecule has 0 aliphatic carbocycles. The van der Waals surface area contributed by atoms with Gasteiger partial charge >= 0.3 is 0 Å². The monoisotopic (exact) mass is 267 g/mol. The van der Waals surface area contributed by atoms with E-state index in [0.717, 1.165) is 34.8 Å². The number of rotatable bonds is 3. The van der Waals surface area contributed by atoms with Gasteiger partial charge in [-0.3, -0.25) is 4.98 Å². The molecule has 0 atom stereocenters. The second-order valence-electron chi connectivity index (χ2n) is 4.83. The summed E-state index contributed by atoms with van der Waals surface area (Å²) < 4.78 is 1.90. The van der Waals surface area contributed by atoms with Gasteiger partial charge in [-0.15, -0.1) is 5.10 Å². The van der Waals surface area contributed by atoms with Crippen molar-refractivity contribution in [3.8, 4) is 11.4 Å². The van der Waals surface area contributed by atoms with Crippen LogP contribution in [-0.4, -0.2) is 33.8 Å². The number of anilines is 1. The lowest BCUT2D eigenvalue weighted by molar-refractivity contribution is 0.654. The zero-order valence-electron chi connectivity index (χ0n) is 11.9. The van der Waals surface area contributed by atoms with Crippen molar-refractivity contribution in [2.24, 2.45) is 0 Å². The van der Waals surface area contributed by atoms with E-state index in [1.54, 1.807) is 6.20 Å². The Kier molecular flexibility index (Phi) is 3.10. The first-order valence-electron chi connectivity index (χ1n) is 6.67. The molecule has 5 nitrogen and oxygen atoms in total. The van der Waals surface area contributed by atoms with Crippen LogP contribution in [-0.2, 0) is 6.54 Å². The predicted molar refractivity (Wildman–Crippen MR) is 80.8 cm³/mol. The Morgan fingerprint density at radius 1 is 1.15 bits per heavy atom. The summed E-state index contributed by atoms with van der Waals surface area (Å²) in [5, 5.41) is 5.70. The van der Waals surface area contributed by atoms with Crippen LogP contribution in [0.2, 0.25) is 0 Å². The largest absolute Gasteiger partial charge is 0.347 e.